The van der Waals surface area contributed by atoms with Gasteiger partial charge in [-0.05, 0) is 11.6 Å². The van der Waals surface area contributed by atoms with Crippen LogP contribution in [0.15, 0.2) is 66.0 Å². The van der Waals surface area contributed by atoms with Gasteiger partial charge in [0.2, 0.25) is 0 Å². The van der Waals surface area contributed by atoms with E-state index in [1.54, 1.807) is 12.1 Å². The van der Waals surface area contributed by atoms with Gasteiger partial charge >= 0.3 is 0 Å². The summed E-state index contributed by atoms with van der Waals surface area (Å²) in [5.74, 6) is 0.467. The predicted molar refractivity (Wildman–Crippen MR) is 105 cm³/mol. The fraction of sp³-hybridized carbons (Fsp3) is 0.150. The standard InChI is InChI=1S/C20H16Cl2F2N2O/c1-12-16(21)9-15(13-6-4-3-5-7-13)20(26(12)11-18(23)24)19-17(22)8-14(27-2)10-25-19/h3-10,18H,1,11H2,2H3. The second-order valence-corrected chi connectivity index (χ2v) is 6.59. The number of pyridine rings is 1. The molecule has 7 heteroatoms. The maximum atomic E-state index is 13.3. The number of rotatable bonds is 5. The summed E-state index contributed by atoms with van der Waals surface area (Å²) in [4.78, 5) is 5.71. The first kappa shape index (κ1) is 19.4. The number of hydrogen-bond donors (Lipinski definition) is 0. The summed E-state index contributed by atoms with van der Waals surface area (Å²) in [6.45, 7) is 3.27. The molecule has 2 aromatic rings. The van der Waals surface area contributed by atoms with Crippen molar-refractivity contribution in [1.82, 2.24) is 9.88 Å². The Bertz CT molecular complexity index is 927. The highest BCUT2D eigenvalue weighted by Crippen LogP contribution is 2.42. The third kappa shape index (κ3) is 3.99. The van der Waals surface area contributed by atoms with Crippen molar-refractivity contribution in [2.45, 2.75) is 6.43 Å². The maximum absolute atomic E-state index is 13.3. The number of ether oxygens (including phenoxy) is 1. The molecule has 0 spiro atoms. The number of benzene rings is 1. The van der Waals surface area contributed by atoms with Crippen molar-refractivity contribution in [2.75, 3.05) is 13.7 Å². The van der Waals surface area contributed by atoms with Gasteiger partial charge in [0.1, 0.15) is 11.4 Å². The molecule has 1 aromatic carbocycles. The van der Waals surface area contributed by atoms with E-state index in [0.717, 1.165) is 5.56 Å². The Labute approximate surface area is 166 Å². The molecule has 0 radical (unpaired) electrons. The number of halogens is 4. The highest BCUT2D eigenvalue weighted by atomic mass is 35.5. The molecule has 0 saturated carbocycles. The van der Waals surface area contributed by atoms with Gasteiger partial charge in [-0.3, -0.25) is 0 Å². The average molecular weight is 409 g/mol. The van der Waals surface area contributed by atoms with Gasteiger partial charge in [-0.2, -0.15) is 0 Å². The minimum Gasteiger partial charge on any atom is -0.495 e. The topological polar surface area (TPSA) is 25.4 Å². The summed E-state index contributed by atoms with van der Waals surface area (Å²) in [6.07, 6.45) is 0.576. The Kier molecular flexibility index (Phi) is 5.82. The van der Waals surface area contributed by atoms with Crippen LogP contribution in [0.4, 0.5) is 8.78 Å². The molecule has 0 bridgehead atoms. The Hall–Kier alpha value is -2.37. The Balaban J connectivity index is 2.29. The van der Waals surface area contributed by atoms with Gasteiger partial charge in [0.05, 0.1) is 41.3 Å². The second-order valence-electron chi connectivity index (χ2n) is 5.77. The third-order valence-electron chi connectivity index (χ3n) is 4.08. The van der Waals surface area contributed by atoms with Crippen LogP contribution in [0.1, 0.15) is 11.3 Å². The largest absolute Gasteiger partial charge is 0.495 e. The molecule has 1 aliphatic rings. The number of methoxy groups -OCH3 is 1. The van der Waals surface area contributed by atoms with Crippen LogP contribution in [-0.2, 0) is 0 Å². The van der Waals surface area contributed by atoms with Crippen LogP contribution in [0.3, 0.4) is 0 Å². The first-order valence-corrected chi connectivity index (χ1v) is 8.79. The van der Waals surface area contributed by atoms with E-state index in [9.17, 15) is 8.78 Å². The predicted octanol–water partition coefficient (Wildman–Crippen LogP) is 5.83. The van der Waals surface area contributed by atoms with Crippen LogP contribution in [0.2, 0.25) is 5.02 Å². The molecular formula is C20H16Cl2F2N2O. The quantitative estimate of drug-likeness (QED) is 0.622. The fourth-order valence-corrected chi connectivity index (χ4v) is 3.28. The van der Waals surface area contributed by atoms with Crippen LogP contribution in [-0.4, -0.2) is 30.0 Å². The zero-order chi connectivity index (χ0) is 19.6. The van der Waals surface area contributed by atoms with Gasteiger partial charge in [0.15, 0.2) is 0 Å². The van der Waals surface area contributed by atoms with E-state index in [0.29, 0.717) is 22.7 Å². The number of aromatic nitrogens is 1. The molecule has 0 unspecified atom stereocenters. The molecule has 2 heterocycles. The second kappa shape index (κ2) is 8.11. The smallest absolute Gasteiger partial charge is 0.256 e. The first-order valence-electron chi connectivity index (χ1n) is 8.04. The van der Waals surface area contributed by atoms with Crippen molar-refractivity contribution >= 4 is 34.5 Å². The van der Waals surface area contributed by atoms with E-state index in [4.69, 9.17) is 27.9 Å². The van der Waals surface area contributed by atoms with Gasteiger partial charge in [-0.15, -0.1) is 0 Å². The van der Waals surface area contributed by atoms with Crippen molar-refractivity contribution in [3.63, 3.8) is 0 Å². The van der Waals surface area contributed by atoms with Gasteiger partial charge < -0.3 is 9.64 Å². The highest BCUT2D eigenvalue weighted by Gasteiger charge is 2.30. The maximum Gasteiger partial charge on any atom is 0.256 e. The lowest BCUT2D eigenvalue weighted by Gasteiger charge is -2.34. The summed E-state index contributed by atoms with van der Waals surface area (Å²) in [7, 11) is 1.50. The molecule has 0 atom stereocenters. The lowest BCUT2D eigenvalue weighted by atomic mass is 9.96. The summed E-state index contributed by atoms with van der Waals surface area (Å²) in [6, 6.07) is 10.9. The van der Waals surface area contributed by atoms with E-state index >= 15 is 0 Å². The summed E-state index contributed by atoms with van der Waals surface area (Å²) >= 11 is 12.7. The molecule has 0 aliphatic carbocycles. The molecule has 1 aromatic heterocycles. The molecular weight excluding hydrogens is 393 g/mol. The van der Waals surface area contributed by atoms with Crippen LogP contribution in [0.5, 0.6) is 5.75 Å². The van der Waals surface area contributed by atoms with Crippen molar-refractivity contribution in [3.05, 3.63) is 82.3 Å². The van der Waals surface area contributed by atoms with E-state index in [-0.39, 0.29) is 15.8 Å². The Morgan fingerprint density at radius 3 is 2.52 bits per heavy atom. The summed E-state index contributed by atoms with van der Waals surface area (Å²) in [5, 5.41) is 0.555. The van der Waals surface area contributed by atoms with Crippen molar-refractivity contribution in [3.8, 4) is 5.75 Å². The number of hydrogen-bond acceptors (Lipinski definition) is 3. The van der Waals surface area contributed by atoms with Gasteiger partial charge in [-0.1, -0.05) is 60.1 Å². The lowest BCUT2D eigenvalue weighted by molar-refractivity contribution is 0.123. The summed E-state index contributed by atoms with van der Waals surface area (Å²) < 4.78 is 31.8. The zero-order valence-electron chi connectivity index (χ0n) is 14.4. The molecule has 27 heavy (non-hydrogen) atoms. The Morgan fingerprint density at radius 2 is 1.93 bits per heavy atom. The molecule has 3 rings (SSSR count). The van der Waals surface area contributed by atoms with E-state index < -0.39 is 13.0 Å². The number of allylic oxidation sites excluding steroid dienone is 3. The molecule has 0 fully saturated rings. The van der Waals surface area contributed by atoms with Crippen LogP contribution < -0.4 is 4.74 Å². The summed E-state index contributed by atoms with van der Waals surface area (Å²) in [5.41, 5.74) is 2.46. The lowest BCUT2D eigenvalue weighted by Crippen LogP contribution is -2.30. The zero-order valence-corrected chi connectivity index (χ0v) is 15.9. The normalized spacial score (nSPS) is 14.7. The minimum absolute atomic E-state index is 0.264. The van der Waals surface area contributed by atoms with Crippen molar-refractivity contribution < 1.29 is 13.5 Å². The van der Waals surface area contributed by atoms with Crippen LogP contribution in [0.25, 0.3) is 11.3 Å². The molecule has 0 saturated heterocycles. The van der Waals surface area contributed by atoms with Gasteiger partial charge in [0.25, 0.3) is 6.43 Å². The van der Waals surface area contributed by atoms with Crippen molar-refractivity contribution in [1.29, 1.82) is 0 Å². The van der Waals surface area contributed by atoms with E-state index in [1.165, 1.54) is 18.2 Å². The monoisotopic (exact) mass is 408 g/mol. The van der Waals surface area contributed by atoms with Gasteiger partial charge in [-0.25, -0.2) is 13.8 Å². The van der Waals surface area contributed by atoms with Crippen LogP contribution >= 0.6 is 23.2 Å². The number of alkyl halides is 2. The molecule has 1 aliphatic heterocycles. The highest BCUT2D eigenvalue weighted by molar-refractivity contribution is 6.34. The van der Waals surface area contributed by atoms with E-state index in [1.807, 2.05) is 30.3 Å². The number of nitrogens with zero attached hydrogens (tertiary/aromatic N) is 2. The Morgan fingerprint density at radius 1 is 1.22 bits per heavy atom. The minimum atomic E-state index is -2.60. The fourth-order valence-electron chi connectivity index (χ4n) is 2.83. The molecule has 0 N–H and O–H groups in total. The van der Waals surface area contributed by atoms with Crippen LogP contribution in [0, 0.1) is 0 Å². The first-order chi connectivity index (χ1) is 12.9. The third-order valence-corrected chi connectivity index (χ3v) is 4.69. The molecule has 0 amide bonds. The van der Waals surface area contributed by atoms with E-state index in [2.05, 4.69) is 11.6 Å². The van der Waals surface area contributed by atoms with Crippen molar-refractivity contribution in [2.24, 2.45) is 0 Å². The molecule has 3 nitrogen and oxygen atoms in total. The SMILES string of the molecule is C=C1C(Cl)=CC(c2ccccc2)=C(c2ncc(OC)cc2Cl)N1CC(F)F. The molecule has 140 valence electrons. The average Bonchev–Trinajstić information content (AvgIpc) is 2.66. The van der Waals surface area contributed by atoms with Gasteiger partial charge in [0, 0.05) is 11.6 Å².